The quantitative estimate of drug-likeness (QED) is 0.667. The fraction of sp³-hybridized carbons (Fsp3) is 1.00. The van der Waals surface area contributed by atoms with Crippen LogP contribution in [0.3, 0.4) is 0 Å². The number of unbranched alkanes of at least 4 members (excludes halogenated alkanes) is 2. The minimum atomic E-state index is 0.691. The van der Waals surface area contributed by atoms with E-state index >= 15 is 0 Å². The maximum absolute atomic E-state index is 3.68. The predicted octanol–water partition coefficient (Wildman–Crippen LogP) is 3.52. The second-order valence-corrected chi connectivity index (χ2v) is 6.56. The molecule has 0 aromatic heterocycles. The largest absolute Gasteiger partial charge is 0.313 e. The molecular formula is C16H34N2. The SMILES string of the molecule is CCCCCC(C)NCCN1CC(C)CC(C)C1. The Balaban J connectivity index is 2.06. The van der Waals surface area contributed by atoms with Gasteiger partial charge in [0.15, 0.2) is 0 Å². The third-order valence-electron chi connectivity index (χ3n) is 4.11. The van der Waals surface area contributed by atoms with Crippen molar-refractivity contribution in [3.8, 4) is 0 Å². The van der Waals surface area contributed by atoms with E-state index in [0.29, 0.717) is 6.04 Å². The molecule has 0 radical (unpaired) electrons. The monoisotopic (exact) mass is 254 g/mol. The molecule has 0 saturated carbocycles. The summed E-state index contributed by atoms with van der Waals surface area (Å²) in [5.41, 5.74) is 0. The molecule has 1 fully saturated rings. The first-order chi connectivity index (χ1) is 8.61. The van der Waals surface area contributed by atoms with E-state index < -0.39 is 0 Å². The van der Waals surface area contributed by atoms with E-state index in [4.69, 9.17) is 0 Å². The fourth-order valence-corrected chi connectivity index (χ4v) is 3.25. The van der Waals surface area contributed by atoms with Crippen LogP contribution < -0.4 is 5.32 Å². The van der Waals surface area contributed by atoms with Gasteiger partial charge in [0.1, 0.15) is 0 Å². The number of likely N-dealkylation sites (tertiary alicyclic amines) is 1. The molecule has 18 heavy (non-hydrogen) atoms. The molecule has 1 aliphatic rings. The van der Waals surface area contributed by atoms with Crippen LogP contribution in [0.5, 0.6) is 0 Å². The van der Waals surface area contributed by atoms with Gasteiger partial charge in [-0.2, -0.15) is 0 Å². The van der Waals surface area contributed by atoms with Crippen molar-refractivity contribution in [2.45, 2.75) is 65.8 Å². The predicted molar refractivity (Wildman–Crippen MR) is 81.0 cm³/mol. The number of hydrogen-bond donors (Lipinski definition) is 1. The third-order valence-corrected chi connectivity index (χ3v) is 4.11. The van der Waals surface area contributed by atoms with Crippen molar-refractivity contribution in [1.82, 2.24) is 10.2 Å². The summed E-state index contributed by atoms with van der Waals surface area (Å²) >= 11 is 0. The lowest BCUT2D eigenvalue weighted by atomic mass is 9.92. The summed E-state index contributed by atoms with van der Waals surface area (Å²) in [5.74, 6) is 1.77. The fourth-order valence-electron chi connectivity index (χ4n) is 3.25. The zero-order valence-electron chi connectivity index (χ0n) is 13.0. The molecule has 108 valence electrons. The van der Waals surface area contributed by atoms with E-state index in [1.807, 2.05) is 0 Å². The molecule has 0 aliphatic carbocycles. The molecular weight excluding hydrogens is 220 g/mol. The topological polar surface area (TPSA) is 15.3 Å². The first kappa shape index (κ1) is 16.0. The highest BCUT2D eigenvalue weighted by Crippen LogP contribution is 2.20. The number of hydrogen-bond acceptors (Lipinski definition) is 2. The highest BCUT2D eigenvalue weighted by molar-refractivity contribution is 4.75. The number of nitrogens with zero attached hydrogens (tertiary/aromatic N) is 1. The molecule has 1 heterocycles. The van der Waals surface area contributed by atoms with E-state index in [1.54, 1.807) is 0 Å². The maximum atomic E-state index is 3.68. The zero-order valence-corrected chi connectivity index (χ0v) is 13.0. The van der Waals surface area contributed by atoms with Gasteiger partial charge >= 0.3 is 0 Å². The third kappa shape index (κ3) is 6.75. The van der Waals surface area contributed by atoms with Crippen LogP contribution >= 0.6 is 0 Å². The van der Waals surface area contributed by atoms with E-state index in [9.17, 15) is 0 Å². The van der Waals surface area contributed by atoms with Gasteiger partial charge in [-0.1, -0.05) is 40.0 Å². The van der Waals surface area contributed by atoms with Crippen molar-refractivity contribution in [1.29, 1.82) is 0 Å². The highest BCUT2D eigenvalue weighted by atomic mass is 15.1. The maximum Gasteiger partial charge on any atom is 0.0107 e. The van der Waals surface area contributed by atoms with Crippen molar-refractivity contribution in [2.24, 2.45) is 11.8 Å². The second-order valence-electron chi connectivity index (χ2n) is 6.56. The first-order valence-electron chi connectivity index (χ1n) is 8.07. The molecule has 1 aliphatic heterocycles. The van der Waals surface area contributed by atoms with Crippen molar-refractivity contribution in [3.05, 3.63) is 0 Å². The van der Waals surface area contributed by atoms with Crippen LogP contribution in [-0.2, 0) is 0 Å². The summed E-state index contributed by atoms with van der Waals surface area (Å²) < 4.78 is 0. The minimum absolute atomic E-state index is 0.691. The van der Waals surface area contributed by atoms with Crippen LogP contribution in [0, 0.1) is 11.8 Å². The van der Waals surface area contributed by atoms with Gasteiger partial charge in [0.05, 0.1) is 0 Å². The van der Waals surface area contributed by atoms with Gasteiger partial charge in [-0.15, -0.1) is 0 Å². The lowest BCUT2D eigenvalue weighted by molar-refractivity contribution is 0.141. The standard InChI is InChI=1S/C16H34N2/c1-5-6-7-8-16(4)17-9-10-18-12-14(2)11-15(3)13-18/h14-17H,5-13H2,1-4H3. The average Bonchev–Trinajstić information content (AvgIpc) is 2.28. The summed E-state index contributed by atoms with van der Waals surface area (Å²) in [6.45, 7) is 14.4. The molecule has 3 atom stereocenters. The van der Waals surface area contributed by atoms with Gasteiger partial charge in [0.25, 0.3) is 0 Å². The van der Waals surface area contributed by atoms with Crippen molar-refractivity contribution >= 4 is 0 Å². The Morgan fingerprint density at radius 3 is 2.44 bits per heavy atom. The molecule has 0 aromatic rings. The molecule has 1 N–H and O–H groups in total. The Bertz CT molecular complexity index is 195. The first-order valence-corrected chi connectivity index (χ1v) is 8.07. The lowest BCUT2D eigenvalue weighted by Crippen LogP contribution is -2.43. The molecule has 2 nitrogen and oxygen atoms in total. The van der Waals surface area contributed by atoms with Crippen LogP contribution in [0.1, 0.15) is 59.8 Å². The Morgan fingerprint density at radius 2 is 1.83 bits per heavy atom. The lowest BCUT2D eigenvalue weighted by Gasteiger charge is -2.35. The Hall–Kier alpha value is -0.0800. The summed E-state index contributed by atoms with van der Waals surface area (Å²) in [5, 5.41) is 3.68. The van der Waals surface area contributed by atoms with Gasteiger partial charge in [-0.25, -0.2) is 0 Å². The summed E-state index contributed by atoms with van der Waals surface area (Å²) in [6.07, 6.45) is 6.84. The Morgan fingerprint density at radius 1 is 1.17 bits per heavy atom. The Labute approximate surface area is 115 Å². The molecule has 0 spiro atoms. The molecule has 0 amide bonds. The van der Waals surface area contributed by atoms with Gasteiger partial charge in [-0.05, 0) is 31.6 Å². The van der Waals surface area contributed by atoms with Crippen LogP contribution in [0.15, 0.2) is 0 Å². The average molecular weight is 254 g/mol. The van der Waals surface area contributed by atoms with E-state index in [0.717, 1.165) is 18.4 Å². The molecule has 1 saturated heterocycles. The summed E-state index contributed by atoms with van der Waals surface area (Å²) in [4.78, 5) is 2.64. The Kier molecular flexibility index (Phi) is 7.92. The van der Waals surface area contributed by atoms with Gasteiger partial charge < -0.3 is 10.2 Å². The number of rotatable bonds is 8. The van der Waals surface area contributed by atoms with Crippen LogP contribution in [0.2, 0.25) is 0 Å². The van der Waals surface area contributed by atoms with Crippen molar-refractivity contribution in [3.63, 3.8) is 0 Å². The summed E-state index contributed by atoms with van der Waals surface area (Å²) in [7, 11) is 0. The second kappa shape index (κ2) is 8.92. The number of nitrogens with one attached hydrogen (secondary N) is 1. The minimum Gasteiger partial charge on any atom is -0.313 e. The van der Waals surface area contributed by atoms with E-state index in [2.05, 4.69) is 37.9 Å². The van der Waals surface area contributed by atoms with Crippen LogP contribution in [0.25, 0.3) is 0 Å². The van der Waals surface area contributed by atoms with E-state index in [1.165, 1.54) is 51.7 Å². The van der Waals surface area contributed by atoms with Gasteiger partial charge in [-0.3, -0.25) is 0 Å². The van der Waals surface area contributed by atoms with Crippen molar-refractivity contribution in [2.75, 3.05) is 26.2 Å². The normalized spacial score (nSPS) is 27.3. The molecule has 3 unspecified atom stereocenters. The van der Waals surface area contributed by atoms with Gasteiger partial charge in [0, 0.05) is 32.2 Å². The van der Waals surface area contributed by atoms with Crippen LogP contribution in [0.4, 0.5) is 0 Å². The molecule has 0 aromatic carbocycles. The molecule has 2 heteroatoms. The van der Waals surface area contributed by atoms with E-state index in [-0.39, 0.29) is 0 Å². The van der Waals surface area contributed by atoms with Gasteiger partial charge in [0.2, 0.25) is 0 Å². The van der Waals surface area contributed by atoms with Crippen LogP contribution in [-0.4, -0.2) is 37.1 Å². The van der Waals surface area contributed by atoms with Crippen molar-refractivity contribution < 1.29 is 0 Å². The smallest absolute Gasteiger partial charge is 0.0107 e. The molecule has 1 rings (SSSR count). The molecule has 0 bridgehead atoms. The number of piperidine rings is 1. The summed E-state index contributed by atoms with van der Waals surface area (Å²) in [6, 6.07) is 0.691. The zero-order chi connectivity index (χ0) is 13.4. The highest BCUT2D eigenvalue weighted by Gasteiger charge is 2.21.